The van der Waals surface area contributed by atoms with E-state index in [1.807, 2.05) is 24.3 Å². The monoisotopic (exact) mass is 204 g/mol. The highest BCUT2D eigenvalue weighted by molar-refractivity contribution is 5.80. The fourth-order valence-corrected chi connectivity index (χ4v) is 1.83. The number of fused-ring (bicyclic) bond motifs is 1. The molecule has 1 aromatic rings. The molecule has 0 amide bonds. The molecule has 2 rings (SSSR count). The van der Waals surface area contributed by atoms with Gasteiger partial charge in [0.2, 0.25) is 0 Å². The minimum atomic E-state index is 0.643. The molecule has 0 saturated carbocycles. The summed E-state index contributed by atoms with van der Waals surface area (Å²) in [6.45, 7) is 6.95. The predicted molar refractivity (Wildman–Crippen MR) is 62.1 cm³/mol. The fourth-order valence-electron chi connectivity index (χ4n) is 1.83. The van der Waals surface area contributed by atoms with Crippen molar-refractivity contribution in [2.75, 3.05) is 16.5 Å². The summed E-state index contributed by atoms with van der Waals surface area (Å²) >= 11 is 0. The molecule has 3 nitrogen and oxygen atoms in total. The van der Waals surface area contributed by atoms with Gasteiger partial charge in [-0.05, 0) is 18.6 Å². The van der Waals surface area contributed by atoms with Crippen molar-refractivity contribution < 1.29 is 5.21 Å². The van der Waals surface area contributed by atoms with Gasteiger partial charge in [0.15, 0.2) is 0 Å². The Morgan fingerprint density at radius 3 is 2.60 bits per heavy atom. The molecule has 0 atom stereocenters. The Hall–Kier alpha value is -1.48. The Morgan fingerprint density at radius 1 is 1.27 bits per heavy atom. The molecule has 0 fully saturated rings. The second kappa shape index (κ2) is 3.95. The van der Waals surface area contributed by atoms with E-state index in [-0.39, 0.29) is 0 Å². The number of benzene rings is 1. The maximum absolute atomic E-state index is 9.81. The third-order valence-electron chi connectivity index (χ3n) is 2.69. The van der Waals surface area contributed by atoms with Gasteiger partial charge < -0.3 is 4.90 Å². The first kappa shape index (κ1) is 10.1. The smallest absolute Gasteiger partial charge is 0.131 e. The minimum Gasteiger partial charge on any atom is -0.325 e. The van der Waals surface area contributed by atoms with E-state index < -0.39 is 0 Å². The molecule has 1 heterocycles. The van der Waals surface area contributed by atoms with E-state index in [0.717, 1.165) is 35.8 Å². The van der Waals surface area contributed by atoms with Gasteiger partial charge in [0, 0.05) is 6.54 Å². The van der Waals surface area contributed by atoms with Crippen molar-refractivity contribution >= 4 is 11.4 Å². The maximum Gasteiger partial charge on any atom is 0.131 e. The zero-order chi connectivity index (χ0) is 10.8. The lowest BCUT2D eigenvalue weighted by Crippen LogP contribution is -2.25. The van der Waals surface area contributed by atoms with Crippen LogP contribution < -0.4 is 9.96 Å². The molecule has 3 heteroatoms. The number of nitrogens with zero attached hydrogens (tertiary/aromatic N) is 2. The van der Waals surface area contributed by atoms with Crippen LogP contribution in [0.15, 0.2) is 36.7 Å². The lowest BCUT2D eigenvalue weighted by Gasteiger charge is -2.20. The topological polar surface area (TPSA) is 26.7 Å². The first-order chi connectivity index (χ1) is 7.25. The van der Waals surface area contributed by atoms with Crippen LogP contribution in [0.3, 0.4) is 0 Å². The zero-order valence-electron chi connectivity index (χ0n) is 8.98. The second-order valence-electron chi connectivity index (χ2n) is 3.72. The van der Waals surface area contributed by atoms with Crippen LogP contribution in [-0.2, 0) is 0 Å². The first-order valence-corrected chi connectivity index (χ1v) is 5.30. The summed E-state index contributed by atoms with van der Waals surface area (Å²) in [5.74, 6) is 0.643. The van der Waals surface area contributed by atoms with Crippen LogP contribution in [-0.4, -0.2) is 11.8 Å². The summed E-state index contributed by atoms with van der Waals surface area (Å²) in [5.41, 5.74) is 1.86. The summed E-state index contributed by atoms with van der Waals surface area (Å²) in [6, 6.07) is 7.79. The molecule has 0 saturated heterocycles. The van der Waals surface area contributed by atoms with Crippen molar-refractivity contribution in [2.45, 2.75) is 19.8 Å². The van der Waals surface area contributed by atoms with Gasteiger partial charge in [-0.1, -0.05) is 32.1 Å². The van der Waals surface area contributed by atoms with Crippen LogP contribution in [0.4, 0.5) is 11.4 Å². The van der Waals surface area contributed by atoms with Crippen molar-refractivity contribution in [3.05, 3.63) is 36.7 Å². The number of rotatable bonds is 3. The van der Waals surface area contributed by atoms with Gasteiger partial charge >= 0.3 is 0 Å². The summed E-state index contributed by atoms with van der Waals surface area (Å²) in [5, 5.41) is 11.0. The lowest BCUT2D eigenvalue weighted by atomic mass is 10.2. The van der Waals surface area contributed by atoms with Crippen LogP contribution in [0.2, 0.25) is 0 Å². The molecule has 80 valence electrons. The molecule has 0 aromatic heterocycles. The van der Waals surface area contributed by atoms with E-state index in [1.165, 1.54) is 0 Å². The third kappa shape index (κ3) is 1.59. The van der Waals surface area contributed by atoms with Crippen LogP contribution in [0, 0.1) is 0 Å². The highest BCUT2D eigenvalue weighted by Gasteiger charge is 2.27. The molecule has 1 N–H and O–H groups in total. The van der Waals surface area contributed by atoms with Gasteiger partial charge in [-0.2, -0.15) is 0 Å². The van der Waals surface area contributed by atoms with Crippen LogP contribution in [0.5, 0.6) is 0 Å². The molecule has 1 aliphatic rings. The Morgan fingerprint density at radius 2 is 1.93 bits per heavy atom. The highest BCUT2D eigenvalue weighted by Crippen LogP contribution is 2.39. The lowest BCUT2D eigenvalue weighted by molar-refractivity contribution is 0.287. The van der Waals surface area contributed by atoms with Crippen LogP contribution in [0.25, 0.3) is 0 Å². The Balaban J connectivity index is 2.30. The number of hydroxylamine groups is 1. The number of hydrogen-bond donors (Lipinski definition) is 1. The van der Waals surface area contributed by atoms with Gasteiger partial charge in [0.1, 0.15) is 5.82 Å². The van der Waals surface area contributed by atoms with Crippen molar-refractivity contribution in [2.24, 2.45) is 0 Å². The molecule has 0 aliphatic carbocycles. The molecular weight excluding hydrogens is 188 g/mol. The van der Waals surface area contributed by atoms with E-state index >= 15 is 0 Å². The van der Waals surface area contributed by atoms with Crippen molar-refractivity contribution in [1.29, 1.82) is 0 Å². The predicted octanol–water partition coefficient (Wildman–Crippen LogP) is 2.97. The summed E-state index contributed by atoms with van der Waals surface area (Å²) in [6.07, 6.45) is 2.23. The van der Waals surface area contributed by atoms with E-state index in [4.69, 9.17) is 0 Å². The highest BCUT2D eigenvalue weighted by atomic mass is 16.5. The Bertz CT molecular complexity index is 376. The molecule has 1 aromatic carbocycles. The van der Waals surface area contributed by atoms with E-state index in [9.17, 15) is 5.21 Å². The van der Waals surface area contributed by atoms with Crippen molar-refractivity contribution in [1.82, 2.24) is 0 Å². The SMILES string of the molecule is C=C1N(O)c2ccccc2N1CCCC. The van der Waals surface area contributed by atoms with Gasteiger partial charge in [0.25, 0.3) is 0 Å². The molecule has 0 unspecified atom stereocenters. The summed E-state index contributed by atoms with van der Waals surface area (Å²) in [4.78, 5) is 2.05. The fraction of sp³-hybridized carbons (Fsp3) is 0.333. The van der Waals surface area contributed by atoms with E-state index in [0.29, 0.717) is 5.82 Å². The Kier molecular flexibility index (Phi) is 2.64. The maximum atomic E-state index is 9.81. The molecule has 1 aliphatic heterocycles. The average molecular weight is 204 g/mol. The second-order valence-corrected chi connectivity index (χ2v) is 3.72. The molecule has 0 spiro atoms. The number of anilines is 2. The largest absolute Gasteiger partial charge is 0.325 e. The van der Waals surface area contributed by atoms with E-state index in [1.54, 1.807) is 0 Å². The van der Waals surface area contributed by atoms with Gasteiger partial charge in [-0.25, -0.2) is 5.06 Å². The van der Waals surface area contributed by atoms with Gasteiger partial charge in [-0.3, -0.25) is 5.21 Å². The van der Waals surface area contributed by atoms with E-state index in [2.05, 4.69) is 18.4 Å². The average Bonchev–Trinajstić information content (AvgIpc) is 2.51. The molecule has 0 bridgehead atoms. The quantitative estimate of drug-likeness (QED) is 0.820. The van der Waals surface area contributed by atoms with Crippen LogP contribution in [0.1, 0.15) is 19.8 Å². The normalized spacial score (nSPS) is 14.7. The Labute approximate surface area is 90.2 Å². The summed E-state index contributed by atoms with van der Waals surface area (Å²) < 4.78 is 0. The van der Waals surface area contributed by atoms with Gasteiger partial charge in [-0.15, -0.1) is 0 Å². The molecular formula is C12H16N2O. The van der Waals surface area contributed by atoms with Crippen molar-refractivity contribution in [3.8, 4) is 0 Å². The summed E-state index contributed by atoms with van der Waals surface area (Å²) in [7, 11) is 0. The molecule has 0 radical (unpaired) electrons. The standard InChI is InChI=1S/C12H16N2O/c1-3-4-9-13-10(2)14(15)12-8-6-5-7-11(12)13/h5-8,15H,2-4,9H2,1H3. The minimum absolute atomic E-state index is 0.643. The number of para-hydroxylation sites is 2. The van der Waals surface area contributed by atoms with Crippen LogP contribution >= 0.6 is 0 Å². The van der Waals surface area contributed by atoms with Gasteiger partial charge in [0.05, 0.1) is 11.4 Å². The molecule has 15 heavy (non-hydrogen) atoms. The number of hydrogen-bond acceptors (Lipinski definition) is 3. The zero-order valence-corrected chi connectivity index (χ0v) is 8.98. The third-order valence-corrected chi connectivity index (χ3v) is 2.69. The van der Waals surface area contributed by atoms with Crippen molar-refractivity contribution in [3.63, 3.8) is 0 Å². The number of unbranched alkanes of at least 4 members (excludes halogenated alkanes) is 1. The first-order valence-electron chi connectivity index (χ1n) is 5.30.